The van der Waals surface area contributed by atoms with Crippen LogP contribution in [0.2, 0.25) is 5.02 Å². The predicted molar refractivity (Wildman–Crippen MR) is 81.1 cm³/mol. The molecule has 1 aliphatic heterocycles. The third kappa shape index (κ3) is 5.04. The molecule has 1 aliphatic rings. The Kier molecular flexibility index (Phi) is 6.26. The van der Waals surface area contributed by atoms with E-state index in [1.165, 1.54) is 5.56 Å². The van der Waals surface area contributed by atoms with E-state index in [0.29, 0.717) is 13.1 Å². The van der Waals surface area contributed by atoms with Gasteiger partial charge in [-0.05, 0) is 24.6 Å². The Morgan fingerprint density at radius 3 is 2.60 bits per heavy atom. The molecule has 1 fully saturated rings. The van der Waals surface area contributed by atoms with Crippen LogP contribution < -0.4 is 5.32 Å². The summed E-state index contributed by atoms with van der Waals surface area (Å²) in [5.41, 5.74) is 1.17. The fourth-order valence-corrected chi connectivity index (χ4v) is 2.45. The van der Waals surface area contributed by atoms with Crippen LogP contribution in [0.15, 0.2) is 24.3 Å². The van der Waals surface area contributed by atoms with Gasteiger partial charge in [0, 0.05) is 37.2 Å². The monoisotopic (exact) mass is 298 g/mol. The summed E-state index contributed by atoms with van der Waals surface area (Å²) in [5, 5.41) is 14.2. The van der Waals surface area contributed by atoms with Crippen LogP contribution in [0.3, 0.4) is 0 Å². The van der Waals surface area contributed by atoms with Gasteiger partial charge < -0.3 is 15.2 Å². The smallest absolute Gasteiger partial charge is 0.0791 e. The zero-order valence-electron chi connectivity index (χ0n) is 11.9. The lowest BCUT2D eigenvalue weighted by atomic mass is 10.1. The van der Waals surface area contributed by atoms with Crippen molar-refractivity contribution in [2.24, 2.45) is 0 Å². The molecule has 0 amide bonds. The van der Waals surface area contributed by atoms with Crippen LogP contribution in [0.5, 0.6) is 0 Å². The van der Waals surface area contributed by atoms with E-state index < -0.39 is 0 Å². The van der Waals surface area contributed by atoms with E-state index >= 15 is 0 Å². The van der Waals surface area contributed by atoms with Gasteiger partial charge in [0.25, 0.3) is 0 Å². The Bertz CT molecular complexity index is 393. The number of rotatable bonds is 6. The quantitative estimate of drug-likeness (QED) is 0.839. The number of benzene rings is 1. The molecular weight excluding hydrogens is 276 g/mol. The van der Waals surface area contributed by atoms with Crippen molar-refractivity contribution in [1.29, 1.82) is 0 Å². The van der Waals surface area contributed by atoms with Crippen molar-refractivity contribution in [2.75, 3.05) is 39.4 Å². The number of aliphatic hydroxyl groups excluding tert-OH is 1. The molecule has 0 aromatic heterocycles. The van der Waals surface area contributed by atoms with Gasteiger partial charge in [0.05, 0.1) is 19.3 Å². The Morgan fingerprint density at radius 1 is 1.30 bits per heavy atom. The van der Waals surface area contributed by atoms with Gasteiger partial charge in [0.1, 0.15) is 0 Å². The first kappa shape index (κ1) is 15.7. The minimum atomic E-state index is -0.358. The Balaban J connectivity index is 1.71. The maximum atomic E-state index is 10.1. The minimum absolute atomic E-state index is 0.201. The van der Waals surface area contributed by atoms with Crippen LogP contribution in [0.25, 0.3) is 0 Å². The number of nitrogens with zero attached hydrogens (tertiary/aromatic N) is 1. The fraction of sp³-hybridized carbons (Fsp3) is 0.600. The Hall–Kier alpha value is -0.650. The van der Waals surface area contributed by atoms with Crippen LogP contribution in [-0.2, 0) is 4.74 Å². The van der Waals surface area contributed by atoms with Crippen LogP contribution in [0.1, 0.15) is 18.5 Å². The first-order valence-corrected chi connectivity index (χ1v) is 7.50. The topological polar surface area (TPSA) is 44.7 Å². The number of hydrogen-bond donors (Lipinski definition) is 2. The fourth-order valence-electron chi connectivity index (χ4n) is 2.33. The summed E-state index contributed by atoms with van der Waals surface area (Å²) in [7, 11) is 0. The average molecular weight is 299 g/mol. The lowest BCUT2D eigenvalue weighted by molar-refractivity contribution is 0.0145. The molecule has 0 aliphatic carbocycles. The average Bonchev–Trinajstić information content (AvgIpc) is 2.46. The van der Waals surface area contributed by atoms with Gasteiger partial charge in [0.2, 0.25) is 0 Å². The number of β-amino-alcohol motifs (C(OH)–C–C–N with tert-alkyl or cyclic N) is 1. The summed E-state index contributed by atoms with van der Waals surface area (Å²) in [4.78, 5) is 2.24. The number of nitrogens with one attached hydrogen (secondary N) is 1. The lowest BCUT2D eigenvalue weighted by Gasteiger charge is -2.29. The predicted octanol–water partition coefficient (Wildman–Crippen LogP) is 1.68. The number of aliphatic hydroxyl groups is 1. The van der Waals surface area contributed by atoms with E-state index in [0.717, 1.165) is 31.3 Å². The second-order valence-corrected chi connectivity index (χ2v) is 5.68. The van der Waals surface area contributed by atoms with Crippen LogP contribution in [0, 0.1) is 0 Å². The van der Waals surface area contributed by atoms with Gasteiger partial charge in [-0.2, -0.15) is 0 Å². The molecule has 0 saturated carbocycles. The maximum absolute atomic E-state index is 10.1. The number of hydrogen-bond acceptors (Lipinski definition) is 4. The van der Waals surface area contributed by atoms with Crippen molar-refractivity contribution < 1.29 is 9.84 Å². The van der Waals surface area contributed by atoms with E-state index in [-0.39, 0.29) is 12.1 Å². The molecule has 112 valence electrons. The van der Waals surface area contributed by atoms with Gasteiger partial charge >= 0.3 is 0 Å². The van der Waals surface area contributed by atoms with E-state index in [2.05, 4.69) is 17.1 Å². The molecule has 1 aromatic rings. The maximum Gasteiger partial charge on any atom is 0.0791 e. The molecule has 4 nitrogen and oxygen atoms in total. The van der Waals surface area contributed by atoms with Crippen molar-refractivity contribution in [3.05, 3.63) is 34.9 Å². The highest BCUT2D eigenvalue weighted by molar-refractivity contribution is 6.30. The normalized spacial score (nSPS) is 19.8. The van der Waals surface area contributed by atoms with Gasteiger partial charge in [0.15, 0.2) is 0 Å². The van der Waals surface area contributed by atoms with Gasteiger partial charge in [-0.25, -0.2) is 0 Å². The van der Waals surface area contributed by atoms with E-state index in [1.54, 1.807) is 0 Å². The van der Waals surface area contributed by atoms with E-state index in [4.69, 9.17) is 16.3 Å². The first-order chi connectivity index (χ1) is 9.65. The van der Waals surface area contributed by atoms with Crippen molar-refractivity contribution in [1.82, 2.24) is 10.2 Å². The molecule has 2 atom stereocenters. The molecule has 1 saturated heterocycles. The Morgan fingerprint density at radius 2 is 1.95 bits per heavy atom. The molecule has 0 bridgehead atoms. The zero-order chi connectivity index (χ0) is 14.4. The summed E-state index contributed by atoms with van der Waals surface area (Å²) in [6.07, 6.45) is -0.358. The second-order valence-electron chi connectivity index (χ2n) is 5.25. The zero-order valence-corrected chi connectivity index (χ0v) is 12.6. The molecule has 1 aromatic carbocycles. The standard InChI is InChI=1S/C15H23ClN2O2/c1-12(13-2-4-14(16)5-3-13)17-10-15(19)11-18-6-8-20-9-7-18/h2-5,12,15,17,19H,6-11H2,1H3/t12-,15?/m0/s1. The number of halogens is 1. The highest BCUT2D eigenvalue weighted by atomic mass is 35.5. The van der Waals surface area contributed by atoms with Crippen LogP contribution in [0.4, 0.5) is 0 Å². The van der Waals surface area contributed by atoms with Crippen molar-refractivity contribution in [2.45, 2.75) is 19.1 Å². The van der Waals surface area contributed by atoms with Gasteiger partial charge in [-0.1, -0.05) is 23.7 Å². The molecule has 0 radical (unpaired) electrons. The lowest BCUT2D eigenvalue weighted by Crippen LogP contribution is -2.44. The molecule has 1 unspecified atom stereocenters. The van der Waals surface area contributed by atoms with E-state index in [9.17, 15) is 5.11 Å². The highest BCUT2D eigenvalue weighted by Crippen LogP contribution is 2.15. The highest BCUT2D eigenvalue weighted by Gasteiger charge is 2.15. The Labute approximate surface area is 125 Å². The van der Waals surface area contributed by atoms with Crippen LogP contribution >= 0.6 is 11.6 Å². The third-order valence-corrected chi connectivity index (χ3v) is 3.85. The molecule has 20 heavy (non-hydrogen) atoms. The summed E-state index contributed by atoms with van der Waals surface area (Å²) in [6.45, 7) is 6.71. The molecule has 2 rings (SSSR count). The number of ether oxygens (including phenoxy) is 1. The minimum Gasteiger partial charge on any atom is -0.390 e. The van der Waals surface area contributed by atoms with Crippen molar-refractivity contribution in [3.8, 4) is 0 Å². The molecule has 0 spiro atoms. The molecule has 5 heteroatoms. The van der Waals surface area contributed by atoms with Gasteiger partial charge in [-0.3, -0.25) is 4.90 Å². The SMILES string of the molecule is C[C@H](NCC(O)CN1CCOCC1)c1ccc(Cl)cc1. The van der Waals surface area contributed by atoms with Crippen LogP contribution in [-0.4, -0.2) is 55.5 Å². The second kappa shape index (κ2) is 7.96. The summed E-state index contributed by atoms with van der Waals surface area (Å²) >= 11 is 5.88. The molecule has 1 heterocycles. The summed E-state index contributed by atoms with van der Waals surface area (Å²) in [6, 6.07) is 7.99. The van der Waals surface area contributed by atoms with Crippen molar-refractivity contribution >= 4 is 11.6 Å². The summed E-state index contributed by atoms with van der Waals surface area (Å²) < 4.78 is 5.30. The first-order valence-electron chi connectivity index (χ1n) is 7.12. The third-order valence-electron chi connectivity index (χ3n) is 3.60. The number of morpholine rings is 1. The summed E-state index contributed by atoms with van der Waals surface area (Å²) in [5.74, 6) is 0. The van der Waals surface area contributed by atoms with Crippen molar-refractivity contribution in [3.63, 3.8) is 0 Å². The van der Waals surface area contributed by atoms with E-state index in [1.807, 2.05) is 24.3 Å². The molecule has 2 N–H and O–H groups in total. The molecular formula is C15H23ClN2O2. The van der Waals surface area contributed by atoms with Gasteiger partial charge in [-0.15, -0.1) is 0 Å². The largest absolute Gasteiger partial charge is 0.390 e.